The molecule has 6 nitrogen and oxygen atoms in total. The summed E-state index contributed by atoms with van der Waals surface area (Å²) < 4.78 is 11.5. The molecule has 6 heteroatoms. The molecule has 3 heterocycles. The molecule has 29 heavy (non-hydrogen) atoms. The van der Waals surface area contributed by atoms with Gasteiger partial charge in [0.25, 0.3) is 5.91 Å². The number of hydrogen-bond donors (Lipinski definition) is 0. The summed E-state index contributed by atoms with van der Waals surface area (Å²) in [7, 11) is 2.17. The van der Waals surface area contributed by atoms with Crippen molar-refractivity contribution in [1.29, 1.82) is 0 Å². The second-order valence-corrected chi connectivity index (χ2v) is 8.75. The van der Waals surface area contributed by atoms with Crippen LogP contribution in [-0.4, -0.2) is 55.0 Å². The van der Waals surface area contributed by atoms with Gasteiger partial charge in [-0.1, -0.05) is 6.42 Å². The predicted molar refractivity (Wildman–Crippen MR) is 113 cm³/mol. The van der Waals surface area contributed by atoms with E-state index in [0.29, 0.717) is 28.9 Å². The first kappa shape index (κ1) is 20.0. The van der Waals surface area contributed by atoms with Crippen molar-refractivity contribution in [3.8, 4) is 5.75 Å². The molecular weight excluding hydrogens is 368 g/mol. The average Bonchev–Trinajstić information content (AvgIpc) is 2.92. The fourth-order valence-corrected chi connectivity index (χ4v) is 4.77. The van der Waals surface area contributed by atoms with Gasteiger partial charge >= 0.3 is 5.63 Å². The zero-order valence-corrected chi connectivity index (χ0v) is 17.8. The van der Waals surface area contributed by atoms with E-state index in [1.165, 1.54) is 12.8 Å². The molecule has 0 spiro atoms. The van der Waals surface area contributed by atoms with Crippen molar-refractivity contribution in [3.05, 3.63) is 39.2 Å². The highest BCUT2D eigenvalue weighted by molar-refractivity contribution is 5.88. The number of likely N-dealkylation sites (tertiary alicyclic amines) is 1. The van der Waals surface area contributed by atoms with Crippen LogP contribution in [0.25, 0.3) is 11.0 Å². The monoisotopic (exact) mass is 398 g/mol. The van der Waals surface area contributed by atoms with Crippen LogP contribution in [0.1, 0.15) is 36.0 Å². The Bertz CT molecular complexity index is 997. The molecule has 2 aromatic rings. The summed E-state index contributed by atoms with van der Waals surface area (Å²) in [6.45, 7) is 8.22. The minimum atomic E-state index is -0.331. The van der Waals surface area contributed by atoms with Crippen molar-refractivity contribution >= 4 is 16.9 Å². The highest BCUT2D eigenvalue weighted by Crippen LogP contribution is 2.31. The third-order valence-electron chi connectivity index (χ3n) is 6.59. The van der Waals surface area contributed by atoms with E-state index >= 15 is 0 Å². The van der Waals surface area contributed by atoms with E-state index in [0.717, 1.165) is 42.6 Å². The van der Waals surface area contributed by atoms with Crippen LogP contribution >= 0.6 is 0 Å². The number of fused-ring (bicyclic) bond motifs is 4. The second-order valence-electron chi connectivity index (χ2n) is 8.75. The molecule has 2 bridgehead atoms. The average molecular weight is 399 g/mol. The van der Waals surface area contributed by atoms with Crippen molar-refractivity contribution in [2.75, 3.05) is 33.3 Å². The van der Waals surface area contributed by atoms with Gasteiger partial charge in [0.2, 0.25) is 0 Å². The summed E-state index contributed by atoms with van der Waals surface area (Å²) >= 11 is 0. The van der Waals surface area contributed by atoms with Crippen molar-refractivity contribution in [3.63, 3.8) is 0 Å². The van der Waals surface area contributed by atoms with Crippen LogP contribution in [0, 0.1) is 26.7 Å². The quantitative estimate of drug-likeness (QED) is 0.744. The van der Waals surface area contributed by atoms with Gasteiger partial charge in [-0.3, -0.25) is 4.79 Å². The summed E-state index contributed by atoms with van der Waals surface area (Å²) in [5, 5.41) is 0.771. The number of hydrogen-bond acceptors (Lipinski definition) is 5. The number of amides is 1. The Kier molecular flexibility index (Phi) is 5.38. The minimum Gasteiger partial charge on any atom is -0.483 e. The lowest BCUT2D eigenvalue weighted by atomic mass is 10.00. The van der Waals surface area contributed by atoms with Gasteiger partial charge in [-0.25, -0.2) is 4.79 Å². The first-order chi connectivity index (χ1) is 13.8. The molecule has 2 aliphatic heterocycles. The summed E-state index contributed by atoms with van der Waals surface area (Å²) in [6, 6.07) is 4.18. The number of carbonyl (C=O) groups excluding carboxylic acids is 1. The summed E-state index contributed by atoms with van der Waals surface area (Å²) in [5.74, 6) is 1.17. The van der Waals surface area contributed by atoms with E-state index < -0.39 is 0 Å². The topological polar surface area (TPSA) is 63.0 Å². The van der Waals surface area contributed by atoms with Gasteiger partial charge in [0.1, 0.15) is 11.3 Å². The molecule has 2 atom stereocenters. The lowest BCUT2D eigenvalue weighted by Gasteiger charge is -2.29. The van der Waals surface area contributed by atoms with Crippen LogP contribution < -0.4 is 10.4 Å². The Morgan fingerprint density at radius 3 is 2.72 bits per heavy atom. The fraction of sp³-hybridized carbons (Fsp3) is 0.565. The predicted octanol–water partition coefficient (Wildman–Crippen LogP) is 3.04. The Hall–Kier alpha value is -2.34. The molecule has 0 N–H and O–H groups in total. The molecule has 0 saturated carbocycles. The third kappa shape index (κ3) is 3.90. The van der Waals surface area contributed by atoms with Gasteiger partial charge in [0.05, 0.1) is 5.39 Å². The van der Waals surface area contributed by atoms with Crippen LogP contribution in [-0.2, 0) is 4.79 Å². The zero-order valence-electron chi connectivity index (χ0n) is 17.8. The highest BCUT2D eigenvalue weighted by Gasteiger charge is 2.32. The van der Waals surface area contributed by atoms with Crippen LogP contribution in [0.2, 0.25) is 0 Å². The minimum absolute atomic E-state index is 0.000673. The summed E-state index contributed by atoms with van der Waals surface area (Å²) in [6.07, 6.45) is 3.58. The molecule has 1 aromatic carbocycles. The Morgan fingerprint density at radius 2 is 1.93 bits per heavy atom. The molecule has 156 valence electrons. The Balaban J connectivity index is 1.56. The van der Waals surface area contributed by atoms with Crippen LogP contribution in [0.5, 0.6) is 5.75 Å². The van der Waals surface area contributed by atoms with E-state index in [9.17, 15) is 9.59 Å². The Morgan fingerprint density at radius 1 is 1.14 bits per heavy atom. The van der Waals surface area contributed by atoms with E-state index in [1.807, 2.05) is 30.9 Å². The van der Waals surface area contributed by atoms with Crippen molar-refractivity contribution in [2.45, 2.75) is 46.1 Å². The number of benzene rings is 1. The maximum Gasteiger partial charge on any atom is 0.339 e. The zero-order chi connectivity index (χ0) is 20.7. The normalized spacial score (nSPS) is 22.6. The number of likely N-dealkylation sites (N-methyl/N-ethyl adjacent to an activating group) is 1. The second kappa shape index (κ2) is 7.82. The first-order valence-corrected chi connectivity index (χ1v) is 10.5. The maximum absolute atomic E-state index is 13.0. The number of carbonyl (C=O) groups is 1. The van der Waals surface area contributed by atoms with Gasteiger partial charge < -0.3 is 19.0 Å². The van der Waals surface area contributed by atoms with Gasteiger partial charge in [0.15, 0.2) is 6.61 Å². The molecule has 2 saturated heterocycles. The third-order valence-corrected chi connectivity index (χ3v) is 6.59. The number of aryl methyl sites for hydroxylation is 2. The molecule has 0 aliphatic carbocycles. The highest BCUT2D eigenvalue weighted by atomic mass is 16.5. The smallest absolute Gasteiger partial charge is 0.339 e. The van der Waals surface area contributed by atoms with Gasteiger partial charge in [-0.05, 0) is 69.8 Å². The lowest BCUT2D eigenvalue weighted by Crippen LogP contribution is -2.43. The van der Waals surface area contributed by atoms with Crippen LogP contribution in [0.15, 0.2) is 21.3 Å². The van der Waals surface area contributed by atoms with Crippen molar-refractivity contribution in [1.82, 2.24) is 9.80 Å². The first-order valence-electron chi connectivity index (χ1n) is 10.5. The molecular formula is C23H30N2O4. The lowest BCUT2D eigenvalue weighted by molar-refractivity contribution is -0.134. The van der Waals surface area contributed by atoms with Crippen LogP contribution in [0.4, 0.5) is 0 Å². The Labute approximate surface area is 171 Å². The molecule has 2 aliphatic rings. The van der Waals surface area contributed by atoms with E-state index in [-0.39, 0.29) is 18.1 Å². The fourth-order valence-electron chi connectivity index (χ4n) is 4.77. The number of rotatable bonds is 3. The van der Waals surface area contributed by atoms with Crippen molar-refractivity contribution < 1.29 is 13.9 Å². The summed E-state index contributed by atoms with van der Waals surface area (Å²) in [4.78, 5) is 29.4. The van der Waals surface area contributed by atoms with Crippen LogP contribution in [0.3, 0.4) is 0 Å². The molecule has 0 unspecified atom stereocenters. The van der Waals surface area contributed by atoms with Crippen molar-refractivity contribution in [2.24, 2.45) is 5.92 Å². The standard InChI is InChI=1S/C23H30N2O4/c1-14-8-19(22-15(2)16(3)23(27)29-20(22)9-14)28-13-21(26)25-11-17-6-5-7-18(12-25)24(4)10-17/h8-9,17-18H,5-7,10-13H2,1-4H3/t17-,18-/m0/s1. The number of nitrogens with zero attached hydrogens (tertiary/aromatic N) is 2. The maximum atomic E-state index is 13.0. The van der Waals surface area contributed by atoms with Gasteiger partial charge in [-0.2, -0.15) is 0 Å². The number of ether oxygens (including phenoxy) is 1. The molecule has 4 rings (SSSR count). The van der Waals surface area contributed by atoms with Gasteiger partial charge in [-0.15, -0.1) is 0 Å². The molecule has 1 amide bonds. The van der Waals surface area contributed by atoms with E-state index in [4.69, 9.17) is 9.15 Å². The van der Waals surface area contributed by atoms with E-state index in [1.54, 1.807) is 6.92 Å². The van der Waals surface area contributed by atoms with E-state index in [2.05, 4.69) is 11.9 Å². The largest absolute Gasteiger partial charge is 0.483 e. The molecule has 1 aromatic heterocycles. The molecule has 2 fully saturated rings. The SMILES string of the molecule is Cc1cc(OCC(=O)N2C[C@H]3CCC[C@@H](C2)N(C)C3)c2c(C)c(C)c(=O)oc2c1. The molecule has 0 radical (unpaired) electrons. The van der Waals surface area contributed by atoms with Gasteiger partial charge in [0, 0.05) is 31.2 Å². The summed E-state index contributed by atoms with van der Waals surface area (Å²) in [5.41, 5.74) is 2.51.